The second kappa shape index (κ2) is 2.13. The molecule has 0 spiro atoms. The molecular formula is C5H6IO2. The van der Waals surface area contributed by atoms with Crippen molar-refractivity contribution in [3.8, 4) is 0 Å². The maximum Gasteiger partial charge on any atom is 0.291 e. The fraction of sp³-hybridized carbons (Fsp3) is 0.400. The van der Waals surface area contributed by atoms with Gasteiger partial charge in [0.25, 0.3) is 4.30 Å². The van der Waals surface area contributed by atoms with Gasteiger partial charge in [-0.1, -0.05) is 0 Å². The molecule has 8 heavy (non-hydrogen) atoms. The van der Waals surface area contributed by atoms with E-state index in [1.54, 1.807) is 0 Å². The van der Waals surface area contributed by atoms with Crippen LogP contribution in [0, 0.1) is 6.92 Å². The monoisotopic (exact) mass is 225 g/mol. The van der Waals surface area contributed by atoms with Crippen LogP contribution >= 0.6 is 22.6 Å². The van der Waals surface area contributed by atoms with Gasteiger partial charge in [0.15, 0.2) is 0 Å². The van der Waals surface area contributed by atoms with E-state index in [0.29, 0.717) is 5.76 Å². The summed E-state index contributed by atoms with van der Waals surface area (Å²) in [6.07, 6.45) is 0. The van der Waals surface area contributed by atoms with Gasteiger partial charge in [-0.2, -0.15) is 0 Å². The number of hydrogen-bond acceptors (Lipinski definition) is 2. The van der Waals surface area contributed by atoms with Gasteiger partial charge in [0, 0.05) is 29.5 Å². The Kier molecular flexibility index (Phi) is 1.65. The highest BCUT2D eigenvalue weighted by atomic mass is 127. The average Bonchev–Trinajstić information content (AvgIpc) is 1.85. The Morgan fingerprint density at radius 2 is 2.25 bits per heavy atom. The summed E-state index contributed by atoms with van der Waals surface area (Å²) in [7, 11) is 0. The van der Waals surface area contributed by atoms with Crippen molar-refractivity contribution in [1.29, 1.82) is 0 Å². The summed E-state index contributed by atoms with van der Waals surface area (Å²) in [4.78, 5) is 0. The third-order valence-corrected chi connectivity index (χ3v) is 1.41. The van der Waals surface area contributed by atoms with Crippen molar-refractivity contribution in [2.24, 2.45) is 0 Å². The molecule has 0 aromatic rings. The first kappa shape index (κ1) is 6.19. The lowest BCUT2D eigenvalue weighted by Gasteiger charge is -1.99. The SMILES string of the molecule is [CH2]C1=C(C)OC(I)O1. The van der Waals surface area contributed by atoms with Crippen molar-refractivity contribution in [3.63, 3.8) is 0 Å². The zero-order chi connectivity index (χ0) is 6.15. The van der Waals surface area contributed by atoms with Crippen molar-refractivity contribution >= 4 is 22.6 Å². The van der Waals surface area contributed by atoms with Crippen LogP contribution in [-0.2, 0) is 9.47 Å². The van der Waals surface area contributed by atoms with Crippen LogP contribution in [0.2, 0.25) is 0 Å². The normalized spacial score (nSPS) is 20.9. The molecule has 3 heteroatoms. The lowest BCUT2D eigenvalue weighted by molar-refractivity contribution is 0.0552. The maximum absolute atomic E-state index is 5.05. The predicted molar refractivity (Wildman–Crippen MR) is 38.0 cm³/mol. The third-order valence-electron chi connectivity index (χ3n) is 0.897. The van der Waals surface area contributed by atoms with E-state index in [1.165, 1.54) is 0 Å². The van der Waals surface area contributed by atoms with Gasteiger partial charge in [0.1, 0.15) is 11.5 Å². The van der Waals surface area contributed by atoms with Crippen LogP contribution in [0.1, 0.15) is 6.92 Å². The predicted octanol–water partition coefficient (Wildman–Crippen LogP) is 1.82. The Labute approximate surface area is 62.0 Å². The highest BCUT2D eigenvalue weighted by molar-refractivity contribution is 14.1. The second-order valence-electron chi connectivity index (χ2n) is 1.49. The molecule has 0 saturated carbocycles. The molecule has 1 atom stereocenters. The molecule has 0 bridgehead atoms. The Morgan fingerprint density at radius 3 is 2.38 bits per heavy atom. The van der Waals surface area contributed by atoms with Gasteiger partial charge in [-0.25, -0.2) is 0 Å². The first-order valence-corrected chi connectivity index (χ1v) is 3.45. The van der Waals surface area contributed by atoms with E-state index in [2.05, 4.69) is 6.92 Å². The minimum atomic E-state index is -0.167. The van der Waals surface area contributed by atoms with Crippen molar-refractivity contribution in [2.75, 3.05) is 0 Å². The summed E-state index contributed by atoms with van der Waals surface area (Å²) in [6, 6.07) is 0. The number of halogens is 1. The molecule has 45 valence electrons. The summed E-state index contributed by atoms with van der Waals surface area (Å²) in [5.41, 5.74) is 0. The van der Waals surface area contributed by atoms with Crippen molar-refractivity contribution in [3.05, 3.63) is 18.4 Å². The minimum Gasteiger partial charge on any atom is -0.447 e. The van der Waals surface area contributed by atoms with Crippen molar-refractivity contribution < 1.29 is 9.47 Å². The molecule has 0 aliphatic carbocycles. The van der Waals surface area contributed by atoms with E-state index in [0.717, 1.165) is 5.76 Å². The van der Waals surface area contributed by atoms with E-state index < -0.39 is 0 Å². The fourth-order valence-corrected chi connectivity index (χ4v) is 1.11. The molecule has 0 amide bonds. The molecule has 0 saturated heterocycles. The van der Waals surface area contributed by atoms with Crippen LogP contribution in [0.4, 0.5) is 0 Å². The summed E-state index contributed by atoms with van der Waals surface area (Å²) in [6.45, 7) is 5.43. The Balaban J connectivity index is 2.60. The van der Waals surface area contributed by atoms with Gasteiger partial charge in [0.05, 0.1) is 0 Å². The molecule has 1 unspecified atom stereocenters. The molecule has 0 aromatic carbocycles. The van der Waals surface area contributed by atoms with Crippen LogP contribution in [0.3, 0.4) is 0 Å². The van der Waals surface area contributed by atoms with Crippen LogP contribution in [0.15, 0.2) is 11.5 Å². The second-order valence-corrected chi connectivity index (χ2v) is 2.51. The molecule has 2 nitrogen and oxygen atoms in total. The van der Waals surface area contributed by atoms with Crippen LogP contribution in [-0.4, -0.2) is 4.30 Å². The highest BCUT2D eigenvalue weighted by Crippen LogP contribution is 2.23. The van der Waals surface area contributed by atoms with Gasteiger partial charge in [-0.05, 0) is 6.92 Å². The lowest BCUT2D eigenvalue weighted by Crippen LogP contribution is -1.94. The number of alkyl halides is 1. The molecule has 1 radical (unpaired) electrons. The fourth-order valence-electron chi connectivity index (χ4n) is 0.424. The van der Waals surface area contributed by atoms with Crippen LogP contribution in [0.5, 0.6) is 0 Å². The lowest BCUT2D eigenvalue weighted by atomic mass is 10.5. The van der Waals surface area contributed by atoms with E-state index in [4.69, 9.17) is 9.47 Å². The van der Waals surface area contributed by atoms with Crippen LogP contribution in [0.25, 0.3) is 0 Å². The number of rotatable bonds is 0. The smallest absolute Gasteiger partial charge is 0.291 e. The van der Waals surface area contributed by atoms with Crippen molar-refractivity contribution in [2.45, 2.75) is 11.2 Å². The molecule has 0 aromatic heterocycles. The molecule has 1 heterocycles. The van der Waals surface area contributed by atoms with E-state index >= 15 is 0 Å². The van der Waals surface area contributed by atoms with E-state index in [-0.39, 0.29) is 4.30 Å². The molecule has 1 aliphatic rings. The largest absolute Gasteiger partial charge is 0.447 e. The zero-order valence-corrected chi connectivity index (χ0v) is 6.64. The summed E-state index contributed by atoms with van der Waals surface area (Å²) in [5, 5.41) is 0. The Bertz CT molecular complexity index is 116. The molecule has 1 aliphatic heterocycles. The number of hydrogen-bond donors (Lipinski definition) is 0. The average molecular weight is 225 g/mol. The molecule has 0 fully saturated rings. The van der Waals surface area contributed by atoms with E-state index in [1.807, 2.05) is 29.5 Å². The summed E-state index contributed by atoms with van der Waals surface area (Å²) in [5.74, 6) is 1.42. The van der Waals surface area contributed by atoms with Gasteiger partial charge in [-0.3, -0.25) is 0 Å². The number of allylic oxidation sites excluding steroid dienone is 2. The minimum absolute atomic E-state index is 0.167. The van der Waals surface area contributed by atoms with E-state index in [9.17, 15) is 0 Å². The Morgan fingerprint density at radius 1 is 1.62 bits per heavy atom. The summed E-state index contributed by atoms with van der Waals surface area (Å²) >= 11 is 2.04. The highest BCUT2D eigenvalue weighted by Gasteiger charge is 2.16. The standard InChI is InChI=1S/C5H6IO2/c1-3-4(2)8-5(6)7-3/h5H,1H2,2H3. The van der Waals surface area contributed by atoms with Gasteiger partial charge >= 0.3 is 0 Å². The first-order valence-electron chi connectivity index (χ1n) is 2.20. The first-order chi connectivity index (χ1) is 3.70. The van der Waals surface area contributed by atoms with Crippen molar-refractivity contribution in [1.82, 2.24) is 0 Å². The third kappa shape index (κ3) is 1.07. The molecular weight excluding hydrogens is 219 g/mol. The topological polar surface area (TPSA) is 18.5 Å². The quantitative estimate of drug-likeness (QED) is 0.462. The van der Waals surface area contributed by atoms with Crippen LogP contribution < -0.4 is 0 Å². The van der Waals surface area contributed by atoms with Gasteiger partial charge < -0.3 is 9.47 Å². The van der Waals surface area contributed by atoms with Gasteiger partial charge in [0.2, 0.25) is 0 Å². The Hall–Kier alpha value is 0.0700. The maximum atomic E-state index is 5.05. The summed E-state index contributed by atoms with van der Waals surface area (Å²) < 4.78 is 9.89. The molecule has 0 N–H and O–H groups in total. The zero-order valence-electron chi connectivity index (χ0n) is 4.48. The molecule has 1 rings (SSSR count). The van der Waals surface area contributed by atoms with Gasteiger partial charge in [-0.15, -0.1) is 0 Å². The number of ether oxygens (including phenoxy) is 2.